The molecule has 3 aromatic carbocycles. The number of carbonyl (C=O) groups is 2. The molecule has 0 fully saturated rings. The van der Waals surface area contributed by atoms with Crippen molar-refractivity contribution >= 4 is 47.0 Å². The van der Waals surface area contributed by atoms with Gasteiger partial charge in [-0.05, 0) is 72.9 Å². The Hall–Kier alpha value is -5.13. The molecule has 0 radical (unpaired) electrons. The number of nitrogens with zero attached hydrogens (tertiary/aromatic N) is 3. The van der Waals surface area contributed by atoms with Gasteiger partial charge in [-0.25, -0.2) is 0 Å². The van der Waals surface area contributed by atoms with E-state index >= 15 is 0 Å². The molecule has 0 saturated carbocycles. The number of carbonyl (C=O) groups excluding carboxylic acids is 2. The van der Waals surface area contributed by atoms with E-state index in [9.17, 15) is 9.59 Å². The largest absolute Gasteiger partial charge is 0.379 e. The van der Waals surface area contributed by atoms with E-state index in [2.05, 4.69) is 60.5 Å². The Morgan fingerprint density at radius 1 is 0.783 bits per heavy atom. The van der Waals surface area contributed by atoms with Crippen molar-refractivity contribution in [1.29, 1.82) is 0 Å². The first-order valence-electron chi connectivity index (χ1n) is 15.4. The molecule has 0 aliphatic heterocycles. The number of Topliss-reactive ketones (excluding diaryl/α,β-unsaturated/α-hetero) is 1. The lowest BCUT2D eigenvalue weighted by Crippen LogP contribution is -2.22. The highest BCUT2D eigenvalue weighted by atomic mass is 16.5. The molecule has 0 atom stereocenters. The van der Waals surface area contributed by atoms with Crippen LogP contribution >= 0.6 is 0 Å². The van der Waals surface area contributed by atoms with Crippen LogP contribution in [0, 0.1) is 0 Å². The number of anilines is 5. The standard InChI is InChI=1S/C35H39N7O4/c1-25(43)7-6-19-45-21-22-46-20-18-36-33-40-34(42-35(41-33)39-31-17-12-27-10-5-11-29(27)23-31)38-30-15-13-28(14-16-30)32(44)37-24-26-8-3-2-4-9-26/h2-5,8-9,11-17,23H,6-7,10,18-22,24H2,1H3,(H,37,44)(H3,36,38,39,40,41,42). The van der Waals surface area contributed by atoms with Crippen LogP contribution in [0.5, 0.6) is 0 Å². The van der Waals surface area contributed by atoms with E-state index in [0.717, 1.165) is 29.8 Å². The summed E-state index contributed by atoms with van der Waals surface area (Å²) in [6, 6.07) is 23.1. The molecule has 46 heavy (non-hydrogen) atoms. The molecule has 11 nitrogen and oxygen atoms in total. The van der Waals surface area contributed by atoms with Crippen LogP contribution in [0.25, 0.3) is 6.08 Å². The molecular formula is C35H39N7O4. The average molecular weight is 622 g/mol. The molecule has 1 heterocycles. The molecule has 4 N–H and O–H groups in total. The summed E-state index contributed by atoms with van der Waals surface area (Å²) < 4.78 is 11.2. The summed E-state index contributed by atoms with van der Waals surface area (Å²) in [5.74, 6) is 1.10. The van der Waals surface area contributed by atoms with Crippen LogP contribution in [0.15, 0.2) is 78.9 Å². The molecular weight excluding hydrogens is 582 g/mol. The topological polar surface area (TPSA) is 139 Å². The third-order valence-electron chi connectivity index (χ3n) is 7.09. The van der Waals surface area contributed by atoms with Crippen molar-refractivity contribution in [2.45, 2.75) is 32.7 Å². The molecule has 1 amide bonds. The summed E-state index contributed by atoms with van der Waals surface area (Å²) in [5.41, 5.74) is 5.62. The van der Waals surface area contributed by atoms with Crippen molar-refractivity contribution < 1.29 is 19.1 Å². The van der Waals surface area contributed by atoms with E-state index in [4.69, 9.17) is 9.47 Å². The molecule has 4 aromatic rings. The van der Waals surface area contributed by atoms with E-state index < -0.39 is 0 Å². The van der Waals surface area contributed by atoms with Crippen molar-refractivity contribution in [2.24, 2.45) is 0 Å². The second-order valence-electron chi connectivity index (χ2n) is 10.8. The maximum absolute atomic E-state index is 12.7. The molecule has 0 unspecified atom stereocenters. The van der Waals surface area contributed by atoms with Gasteiger partial charge in [-0.1, -0.05) is 48.6 Å². The molecule has 0 bridgehead atoms. The zero-order valence-electron chi connectivity index (χ0n) is 25.9. The number of hydrogen-bond donors (Lipinski definition) is 4. The molecule has 1 aliphatic rings. The normalized spacial score (nSPS) is 11.6. The first-order chi connectivity index (χ1) is 22.5. The molecule has 0 saturated heterocycles. The molecule has 0 spiro atoms. The minimum Gasteiger partial charge on any atom is -0.379 e. The molecule has 238 valence electrons. The Morgan fingerprint density at radius 2 is 1.48 bits per heavy atom. The molecule has 5 rings (SSSR count). The van der Waals surface area contributed by atoms with Gasteiger partial charge in [0.1, 0.15) is 5.78 Å². The Balaban J connectivity index is 1.18. The number of nitrogens with one attached hydrogen (secondary N) is 4. The number of rotatable bonds is 18. The van der Waals surface area contributed by atoms with Gasteiger partial charge in [0, 0.05) is 43.1 Å². The fraction of sp³-hybridized carbons (Fsp3) is 0.286. The predicted molar refractivity (Wildman–Crippen MR) is 180 cm³/mol. The number of hydrogen-bond acceptors (Lipinski definition) is 10. The minimum atomic E-state index is -0.153. The van der Waals surface area contributed by atoms with Gasteiger partial charge in [0.05, 0.1) is 19.8 Å². The van der Waals surface area contributed by atoms with Gasteiger partial charge in [0.2, 0.25) is 17.8 Å². The maximum Gasteiger partial charge on any atom is 0.251 e. The first-order valence-corrected chi connectivity index (χ1v) is 15.4. The Bertz CT molecular complexity index is 1630. The third-order valence-corrected chi connectivity index (χ3v) is 7.09. The van der Waals surface area contributed by atoms with Gasteiger partial charge in [-0.2, -0.15) is 15.0 Å². The van der Waals surface area contributed by atoms with Crippen LogP contribution in [0.2, 0.25) is 0 Å². The van der Waals surface area contributed by atoms with E-state index in [1.165, 1.54) is 11.1 Å². The van der Waals surface area contributed by atoms with Crippen molar-refractivity contribution in [3.05, 3.63) is 101 Å². The Kier molecular flexibility index (Phi) is 11.8. The van der Waals surface area contributed by atoms with Gasteiger partial charge in [0.15, 0.2) is 0 Å². The summed E-state index contributed by atoms with van der Waals surface area (Å²) in [5, 5.41) is 12.7. The predicted octanol–water partition coefficient (Wildman–Crippen LogP) is 5.67. The monoisotopic (exact) mass is 621 g/mol. The van der Waals surface area contributed by atoms with Gasteiger partial charge >= 0.3 is 0 Å². The second-order valence-corrected chi connectivity index (χ2v) is 10.8. The van der Waals surface area contributed by atoms with Crippen molar-refractivity contribution in [1.82, 2.24) is 20.3 Å². The van der Waals surface area contributed by atoms with Crippen LogP contribution in [-0.4, -0.2) is 59.6 Å². The van der Waals surface area contributed by atoms with Crippen LogP contribution in [0.1, 0.15) is 46.8 Å². The Morgan fingerprint density at radius 3 is 2.24 bits per heavy atom. The van der Waals surface area contributed by atoms with Crippen LogP contribution in [-0.2, 0) is 27.2 Å². The Labute approximate surface area is 268 Å². The van der Waals surface area contributed by atoms with Gasteiger partial charge in [-0.15, -0.1) is 0 Å². The van der Waals surface area contributed by atoms with Crippen LogP contribution in [0.4, 0.5) is 29.2 Å². The van der Waals surface area contributed by atoms with Crippen LogP contribution < -0.4 is 21.3 Å². The SMILES string of the molecule is CC(=O)CCCOCCOCCNc1nc(Nc2ccc(C(=O)NCc3ccccc3)cc2)nc(Nc2ccc3c(c2)C=CC3)n1. The quantitative estimate of drug-likeness (QED) is 0.103. The third kappa shape index (κ3) is 10.2. The average Bonchev–Trinajstić information content (AvgIpc) is 3.53. The number of benzene rings is 3. The lowest BCUT2D eigenvalue weighted by atomic mass is 10.1. The summed E-state index contributed by atoms with van der Waals surface area (Å²) in [6.07, 6.45) is 6.44. The molecule has 1 aromatic heterocycles. The summed E-state index contributed by atoms with van der Waals surface area (Å²) in [6.45, 7) is 4.40. The molecule has 11 heteroatoms. The van der Waals surface area contributed by atoms with Gasteiger partial charge in [-0.3, -0.25) is 4.79 Å². The lowest BCUT2D eigenvalue weighted by Gasteiger charge is -2.13. The number of ketones is 1. The summed E-state index contributed by atoms with van der Waals surface area (Å²) in [4.78, 5) is 37.4. The number of aromatic nitrogens is 3. The van der Waals surface area contributed by atoms with Crippen molar-refractivity contribution in [3.8, 4) is 0 Å². The maximum atomic E-state index is 12.7. The highest BCUT2D eigenvalue weighted by Crippen LogP contribution is 2.25. The van der Waals surface area contributed by atoms with Crippen molar-refractivity contribution in [2.75, 3.05) is 48.9 Å². The highest BCUT2D eigenvalue weighted by molar-refractivity contribution is 5.94. The van der Waals surface area contributed by atoms with E-state index in [0.29, 0.717) is 69.3 Å². The smallest absolute Gasteiger partial charge is 0.251 e. The first kappa shape index (κ1) is 32.3. The number of fused-ring (bicyclic) bond motifs is 1. The second kappa shape index (κ2) is 16.8. The lowest BCUT2D eigenvalue weighted by molar-refractivity contribution is -0.117. The number of ether oxygens (including phenoxy) is 2. The number of amides is 1. The minimum absolute atomic E-state index is 0.153. The van der Waals surface area contributed by atoms with Gasteiger partial charge in [0.25, 0.3) is 5.91 Å². The fourth-order valence-corrected chi connectivity index (χ4v) is 4.72. The molecule has 1 aliphatic carbocycles. The summed E-state index contributed by atoms with van der Waals surface area (Å²) >= 11 is 0. The van der Waals surface area contributed by atoms with E-state index in [1.54, 1.807) is 19.1 Å². The van der Waals surface area contributed by atoms with E-state index in [1.807, 2.05) is 48.5 Å². The van der Waals surface area contributed by atoms with Crippen molar-refractivity contribution in [3.63, 3.8) is 0 Å². The number of allylic oxidation sites excluding steroid dienone is 1. The summed E-state index contributed by atoms with van der Waals surface area (Å²) in [7, 11) is 0. The van der Waals surface area contributed by atoms with E-state index in [-0.39, 0.29) is 11.7 Å². The highest BCUT2D eigenvalue weighted by Gasteiger charge is 2.11. The van der Waals surface area contributed by atoms with Crippen LogP contribution in [0.3, 0.4) is 0 Å². The zero-order chi connectivity index (χ0) is 32.0. The van der Waals surface area contributed by atoms with Gasteiger partial charge < -0.3 is 35.5 Å². The fourth-order valence-electron chi connectivity index (χ4n) is 4.72. The zero-order valence-corrected chi connectivity index (χ0v) is 25.9.